The molecule has 0 saturated heterocycles. The molecule has 0 atom stereocenters. The standard InChI is InChI=1S/C20H20ClN5/c21-14-9-10-16-15(11-14)19-17(24-16)7-4-8-18(19)25-26-20(22)23-12-13-5-2-1-3-6-13/h1-3,5-6,9-11,24H,4,7-8,12H2,(H3,22,23,26). The van der Waals surface area contributed by atoms with Gasteiger partial charge in [-0.25, -0.2) is 10.4 Å². The minimum atomic E-state index is 0.311. The highest BCUT2D eigenvalue weighted by Crippen LogP contribution is 2.31. The molecule has 4 rings (SSSR count). The van der Waals surface area contributed by atoms with Gasteiger partial charge in [-0.05, 0) is 43.0 Å². The molecule has 0 saturated carbocycles. The van der Waals surface area contributed by atoms with Crippen LogP contribution < -0.4 is 11.2 Å². The first-order valence-corrected chi connectivity index (χ1v) is 9.05. The van der Waals surface area contributed by atoms with Crippen LogP contribution >= 0.6 is 11.6 Å². The predicted molar refractivity (Wildman–Crippen MR) is 108 cm³/mol. The average molecular weight is 366 g/mol. The maximum absolute atomic E-state index is 6.18. The highest BCUT2D eigenvalue weighted by atomic mass is 35.5. The number of halogens is 1. The Morgan fingerprint density at radius 2 is 2.00 bits per heavy atom. The van der Waals surface area contributed by atoms with Crippen LogP contribution in [0.3, 0.4) is 0 Å². The molecular formula is C20H20ClN5. The van der Waals surface area contributed by atoms with Gasteiger partial charge in [-0.15, -0.1) is 0 Å². The maximum atomic E-state index is 6.18. The zero-order chi connectivity index (χ0) is 17.9. The van der Waals surface area contributed by atoms with Crippen molar-refractivity contribution in [3.63, 3.8) is 0 Å². The fraction of sp³-hybridized carbons (Fsp3) is 0.200. The van der Waals surface area contributed by atoms with Crippen molar-refractivity contribution in [1.29, 1.82) is 0 Å². The Labute approximate surface area is 157 Å². The molecule has 0 bridgehead atoms. The fourth-order valence-corrected chi connectivity index (χ4v) is 3.50. The quantitative estimate of drug-likeness (QED) is 0.373. The molecule has 0 fully saturated rings. The molecule has 1 heterocycles. The normalized spacial score (nSPS) is 16.0. The van der Waals surface area contributed by atoms with E-state index >= 15 is 0 Å². The molecule has 0 spiro atoms. The minimum absolute atomic E-state index is 0.311. The molecule has 0 amide bonds. The molecule has 6 heteroatoms. The number of aromatic amines is 1. The Balaban J connectivity index is 1.57. The van der Waals surface area contributed by atoms with Crippen LogP contribution in [-0.2, 0) is 13.0 Å². The van der Waals surface area contributed by atoms with Gasteiger partial charge in [0.2, 0.25) is 5.96 Å². The van der Waals surface area contributed by atoms with Gasteiger partial charge in [-0.2, -0.15) is 5.10 Å². The van der Waals surface area contributed by atoms with Crippen molar-refractivity contribution in [2.45, 2.75) is 25.8 Å². The molecule has 5 nitrogen and oxygen atoms in total. The zero-order valence-corrected chi connectivity index (χ0v) is 15.1. The summed E-state index contributed by atoms with van der Waals surface area (Å²) in [6, 6.07) is 15.9. The van der Waals surface area contributed by atoms with E-state index in [0.717, 1.165) is 52.0 Å². The topological polar surface area (TPSA) is 78.6 Å². The summed E-state index contributed by atoms with van der Waals surface area (Å²) in [7, 11) is 0. The van der Waals surface area contributed by atoms with Crippen LogP contribution in [0.2, 0.25) is 5.02 Å². The maximum Gasteiger partial charge on any atom is 0.209 e. The minimum Gasteiger partial charge on any atom is -0.369 e. The zero-order valence-electron chi connectivity index (χ0n) is 14.3. The van der Waals surface area contributed by atoms with Crippen molar-refractivity contribution in [2.75, 3.05) is 0 Å². The van der Waals surface area contributed by atoms with Crippen molar-refractivity contribution in [3.8, 4) is 0 Å². The van der Waals surface area contributed by atoms with Gasteiger partial charge in [0.05, 0.1) is 12.3 Å². The van der Waals surface area contributed by atoms with Gasteiger partial charge < -0.3 is 10.7 Å². The second-order valence-electron chi connectivity index (χ2n) is 6.38. The summed E-state index contributed by atoms with van der Waals surface area (Å²) >= 11 is 6.18. The summed E-state index contributed by atoms with van der Waals surface area (Å²) in [6.07, 6.45) is 2.96. The summed E-state index contributed by atoms with van der Waals surface area (Å²) in [5, 5.41) is 6.36. The number of H-pyrrole nitrogens is 1. The number of aryl methyl sites for hydroxylation is 1. The number of hydrogen-bond donors (Lipinski definition) is 3. The Kier molecular flexibility index (Phi) is 4.63. The van der Waals surface area contributed by atoms with Crippen LogP contribution in [0.1, 0.15) is 29.7 Å². The monoisotopic (exact) mass is 365 g/mol. The molecule has 3 aromatic rings. The molecule has 1 aromatic heterocycles. The van der Waals surface area contributed by atoms with Crippen LogP contribution in [0.4, 0.5) is 0 Å². The number of nitrogens with one attached hydrogen (secondary N) is 2. The van der Waals surface area contributed by atoms with E-state index in [-0.39, 0.29) is 0 Å². The Hall–Kier alpha value is -2.79. The first-order chi connectivity index (χ1) is 12.7. The van der Waals surface area contributed by atoms with Crippen molar-refractivity contribution < 1.29 is 0 Å². The number of nitrogens with zero attached hydrogens (tertiary/aromatic N) is 2. The molecule has 132 valence electrons. The third-order valence-corrected chi connectivity index (χ3v) is 4.78. The van der Waals surface area contributed by atoms with Crippen LogP contribution in [0, 0.1) is 0 Å². The number of hydrogen-bond acceptors (Lipinski definition) is 2. The van der Waals surface area contributed by atoms with E-state index in [1.54, 1.807) is 0 Å². The average Bonchev–Trinajstić information content (AvgIpc) is 3.04. The van der Waals surface area contributed by atoms with Gasteiger partial charge in [0.15, 0.2) is 0 Å². The Morgan fingerprint density at radius 3 is 2.85 bits per heavy atom. The number of guanidine groups is 1. The van der Waals surface area contributed by atoms with E-state index in [1.807, 2.05) is 48.5 Å². The summed E-state index contributed by atoms with van der Waals surface area (Å²) < 4.78 is 0. The Morgan fingerprint density at radius 1 is 1.15 bits per heavy atom. The number of aliphatic imine (C=N–C) groups is 1. The number of hydrazone groups is 1. The van der Waals surface area contributed by atoms with Gasteiger partial charge in [-0.3, -0.25) is 0 Å². The van der Waals surface area contributed by atoms with E-state index < -0.39 is 0 Å². The number of fused-ring (bicyclic) bond motifs is 3. The summed E-state index contributed by atoms with van der Waals surface area (Å²) in [5.74, 6) is 0.311. The summed E-state index contributed by atoms with van der Waals surface area (Å²) in [5.41, 5.74) is 14.4. The molecule has 0 unspecified atom stereocenters. The molecular weight excluding hydrogens is 346 g/mol. The molecule has 26 heavy (non-hydrogen) atoms. The first-order valence-electron chi connectivity index (χ1n) is 8.67. The van der Waals surface area contributed by atoms with Crippen molar-refractivity contribution in [2.24, 2.45) is 15.8 Å². The lowest BCUT2D eigenvalue weighted by molar-refractivity contribution is 0.811. The molecule has 4 N–H and O–H groups in total. The van der Waals surface area contributed by atoms with E-state index in [0.29, 0.717) is 12.5 Å². The van der Waals surface area contributed by atoms with E-state index in [9.17, 15) is 0 Å². The lowest BCUT2D eigenvalue weighted by Gasteiger charge is -2.14. The molecule has 2 aromatic carbocycles. The van der Waals surface area contributed by atoms with Crippen molar-refractivity contribution in [1.82, 2.24) is 10.4 Å². The molecule has 0 aliphatic heterocycles. The number of nitrogens with two attached hydrogens (primary N) is 1. The highest BCUT2D eigenvalue weighted by molar-refractivity contribution is 6.31. The summed E-state index contributed by atoms with van der Waals surface area (Å²) in [6.45, 7) is 0.526. The number of rotatable bonds is 3. The summed E-state index contributed by atoms with van der Waals surface area (Å²) in [4.78, 5) is 7.82. The third-order valence-electron chi connectivity index (χ3n) is 4.55. The van der Waals surface area contributed by atoms with E-state index in [2.05, 4.69) is 20.5 Å². The van der Waals surface area contributed by atoms with Crippen LogP contribution in [0.5, 0.6) is 0 Å². The van der Waals surface area contributed by atoms with E-state index in [4.69, 9.17) is 17.3 Å². The second kappa shape index (κ2) is 7.22. The fourth-order valence-electron chi connectivity index (χ4n) is 3.33. The lowest BCUT2D eigenvalue weighted by Crippen LogP contribution is -2.29. The molecule has 1 aliphatic rings. The second-order valence-corrected chi connectivity index (χ2v) is 6.82. The number of aromatic nitrogens is 1. The van der Waals surface area contributed by atoms with E-state index in [1.165, 1.54) is 5.69 Å². The third kappa shape index (κ3) is 3.44. The first kappa shape index (κ1) is 16.7. The van der Waals surface area contributed by atoms with Crippen molar-refractivity contribution in [3.05, 3.63) is 70.4 Å². The molecule has 0 radical (unpaired) electrons. The smallest absolute Gasteiger partial charge is 0.209 e. The van der Waals surface area contributed by atoms with Gasteiger partial charge >= 0.3 is 0 Å². The van der Waals surface area contributed by atoms with Gasteiger partial charge in [0.1, 0.15) is 0 Å². The van der Waals surface area contributed by atoms with Gasteiger partial charge in [-0.1, -0.05) is 41.9 Å². The largest absolute Gasteiger partial charge is 0.369 e. The van der Waals surface area contributed by atoms with Gasteiger partial charge in [0, 0.05) is 27.2 Å². The van der Waals surface area contributed by atoms with Crippen LogP contribution in [0.15, 0.2) is 58.6 Å². The number of benzene rings is 2. The SMILES string of the molecule is NC(=NCc1ccccc1)NN=C1CCCc2[nH]c3ccc(Cl)cc3c21. The molecule has 1 aliphatic carbocycles. The lowest BCUT2D eigenvalue weighted by atomic mass is 9.93. The predicted octanol–water partition coefficient (Wildman–Crippen LogP) is 3.97. The van der Waals surface area contributed by atoms with Crippen LogP contribution in [0.25, 0.3) is 10.9 Å². The Bertz CT molecular complexity index is 988. The highest BCUT2D eigenvalue weighted by Gasteiger charge is 2.21. The van der Waals surface area contributed by atoms with Gasteiger partial charge in [0.25, 0.3) is 0 Å². The van der Waals surface area contributed by atoms with Crippen LogP contribution in [-0.4, -0.2) is 16.7 Å². The van der Waals surface area contributed by atoms with Crippen molar-refractivity contribution >= 4 is 34.2 Å².